The lowest BCUT2D eigenvalue weighted by molar-refractivity contribution is -0.131. The number of para-hydroxylation sites is 1. The number of hydrogen-bond acceptors (Lipinski definition) is 2. The molecule has 1 saturated heterocycles. The molecule has 0 spiro atoms. The molecule has 1 N–H and O–H groups in total. The number of anilines is 1. The molecule has 0 bridgehead atoms. The summed E-state index contributed by atoms with van der Waals surface area (Å²) in [6.07, 6.45) is 0.610. The second-order valence-electron chi connectivity index (χ2n) is 6.22. The number of carbonyl (C=O) groups excluding carboxylic acids is 2. The van der Waals surface area contributed by atoms with Crippen molar-refractivity contribution < 1.29 is 9.59 Å². The minimum Gasteiger partial charge on any atom is -0.343 e. The van der Waals surface area contributed by atoms with Crippen LogP contribution in [0.25, 0.3) is 0 Å². The van der Waals surface area contributed by atoms with Crippen LogP contribution in [0.1, 0.15) is 39.7 Å². The zero-order chi connectivity index (χ0) is 14.9. The summed E-state index contributed by atoms with van der Waals surface area (Å²) in [4.78, 5) is 25.9. The quantitative estimate of drug-likeness (QED) is 0.899. The van der Waals surface area contributed by atoms with Crippen LogP contribution in [-0.2, 0) is 15.0 Å². The van der Waals surface area contributed by atoms with E-state index in [1.165, 1.54) is 0 Å². The van der Waals surface area contributed by atoms with Crippen LogP contribution in [-0.4, -0.2) is 24.4 Å². The van der Waals surface area contributed by atoms with E-state index in [2.05, 4.69) is 26.1 Å². The summed E-state index contributed by atoms with van der Waals surface area (Å²) in [5.41, 5.74) is 1.85. The Morgan fingerprint density at radius 2 is 1.90 bits per heavy atom. The summed E-state index contributed by atoms with van der Waals surface area (Å²) in [5.74, 6) is -0.121. The van der Waals surface area contributed by atoms with Gasteiger partial charge in [0.25, 0.3) is 0 Å². The lowest BCUT2D eigenvalue weighted by Crippen LogP contribution is -2.58. The zero-order valence-corrected chi connectivity index (χ0v) is 12.6. The Kier molecular flexibility index (Phi) is 3.84. The van der Waals surface area contributed by atoms with Gasteiger partial charge in [-0.05, 0) is 23.5 Å². The molecule has 0 radical (unpaired) electrons. The predicted octanol–water partition coefficient (Wildman–Crippen LogP) is 2.23. The molecule has 1 atom stereocenters. The lowest BCUT2D eigenvalue weighted by atomic mass is 9.85. The van der Waals surface area contributed by atoms with E-state index >= 15 is 0 Å². The molecule has 0 aromatic heterocycles. The molecule has 1 aromatic carbocycles. The smallest absolute Gasteiger partial charge is 0.250 e. The van der Waals surface area contributed by atoms with Crippen molar-refractivity contribution in [2.75, 3.05) is 11.4 Å². The minimum atomic E-state index is -0.413. The van der Waals surface area contributed by atoms with E-state index in [1.807, 2.05) is 31.2 Å². The number of carbonyl (C=O) groups is 2. The van der Waals surface area contributed by atoms with Crippen molar-refractivity contribution in [3.63, 3.8) is 0 Å². The fraction of sp³-hybridized carbons (Fsp3) is 0.500. The minimum absolute atomic E-state index is 0.0243. The Balaban J connectivity index is 2.45. The highest BCUT2D eigenvalue weighted by Crippen LogP contribution is 2.32. The Morgan fingerprint density at radius 1 is 1.25 bits per heavy atom. The standard InChI is InChI=1S/C16H22N2O2/c1-5-12-15(20)18(10-14(19)17-12)13-9-7-6-8-11(13)16(2,3)4/h6-9,12H,5,10H2,1-4H3,(H,17,19). The van der Waals surface area contributed by atoms with Gasteiger partial charge in [0.15, 0.2) is 0 Å². The highest BCUT2D eigenvalue weighted by molar-refractivity contribution is 6.07. The maximum Gasteiger partial charge on any atom is 0.250 e. The first kappa shape index (κ1) is 14.6. The molecule has 4 nitrogen and oxygen atoms in total. The first-order valence-corrected chi connectivity index (χ1v) is 7.05. The molecule has 4 heteroatoms. The molecule has 2 rings (SSSR count). The number of benzene rings is 1. The third kappa shape index (κ3) is 2.69. The van der Waals surface area contributed by atoms with Gasteiger partial charge in [0.2, 0.25) is 11.8 Å². The molecule has 0 saturated carbocycles. The third-order valence-electron chi connectivity index (χ3n) is 3.61. The van der Waals surface area contributed by atoms with Crippen LogP contribution in [0.3, 0.4) is 0 Å². The molecular formula is C16H22N2O2. The van der Waals surface area contributed by atoms with Crippen molar-refractivity contribution in [2.45, 2.75) is 45.6 Å². The van der Waals surface area contributed by atoms with Crippen molar-refractivity contribution in [3.05, 3.63) is 29.8 Å². The molecule has 1 aromatic rings. The van der Waals surface area contributed by atoms with Crippen LogP contribution < -0.4 is 10.2 Å². The highest BCUT2D eigenvalue weighted by atomic mass is 16.2. The van der Waals surface area contributed by atoms with Gasteiger partial charge in [0, 0.05) is 5.69 Å². The van der Waals surface area contributed by atoms with E-state index in [-0.39, 0.29) is 23.8 Å². The van der Waals surface area contributed by atoms with Gasteiger partial charge in [-0.1, -0.05) is 45.9 Å². The van der Waals surface area contributed by atoms with Gasteiger partial charge in [-0.2, -0.15) is 0 Å². The Bertz CT molecular complexity index is 532. The second-order valence-corrected chi connectivity index (χ2v) is 6.22. The zero-order valence-electron chi connectivity index (χ0n) is 12.6. The molecular weight excluding hydrogens is 252 g/mol. The molecule has 20 heavy (non-hydrogen) atoms. The van der Waals surface area contributed by atoms with Crippen molar-refractivity contribution in [2.24, 2.45) is 0 Å². The van der Waals surface area contributed by atoms with Crippen LogP contribution in [0.2, 0.25) is 0 Å². The van der Waals surface area contributed by atoms with Crippen LogP contribution in [0.15, 0.2) is 24.3 Å². The third-order valence-corrected chi connectivity index (χ3v) is 3.61. The molecule has 0 aliphatic carbocycles. The summed E-state index contributed by atoms with van der Waals surface area (Å²) in [6, 6.07) is 7.41. The molecule has 2 amide bonds. The molecule has 1 fully saturated rings. The average molecular weight is 274 g/mol. The first-order chi connectivity index (χ1) is 9.34. The predicted molar refractivity (Wildman–Crippen MR) is 79.7 cm³/mol. The van der Waals surface area contributed by atoms with Crippen LogP contribution in [0.4, 0.5) is 5.69 Å². The van der Waals surface area contributed by atoms with Crippen molar-refractivity contribution >= 4 is 17.5 Å². The first-order valence-electron chi connectivity index (χ1n) is 7.05. The largest absolute Gasteiger partial charge is 0.343 e. The van der Waals surface area contributed by atoms with Crippen LogP contribution >= 0.6 is 0 Å². The summed E-state index contributed by atoms with van der Waals surface area (Å²) in [7, 11) is 0. The monoisotopic (exact) mass is 274 g/mol. The Labute approximate surface area is 120 Å². The number of amides is 2. The normalized spacial score (nSPS) is 20.0. The molecule has 1 aliphatic heterocycles. The van der Waals surface area contributed by atoms with Gasteiger partial charge < -0.3 is 10.2 Å². The average Bonchev–Trinajstić information content (AvgIpc) is 2.40. The number of rotatable bonds is 2. The van der Waals surface area contributed by atoms with Gasteiger partial charge in [0.05, 0.1) is 0 Å². The van der Waals surface area contributed by atoms with Crippen LogP contribution in [0.5, 0.6) is 0 Å². The summed E-state index contributed by atoms with van der Waals surface area (Å²) in [5, 5.41) is 2.74. The van der Waals surface area contributed by atoms with E-state index < -0.39 is 6.04 Å². The molecule has 1 aliphatic rings. The summed E-state index contributed by atoms with van der Waals surface area (Å²) >= 11 is 0. The van der Waals surface area contributed by atoms with Gasteiger partial charge in [-0.25, -0.2) is 0 Å². The Morgan fingerprint density at radius 3 is 2.50 bits per heavy atom. The van der Waals surface area contributed by atoms with E-state index in [0.717, 1.165) is 11.3 Å². The highest BCUT2D eigenvalue weighted by Gasteiger charge is 2.34. The van der Waals surface area contributed by atoms with Gasteiger partial charge in [-0.3, -0.25) is 9.59 Å². The van der Waals surface area contributed by atoms with E-state index in [1.54, 1.807) is 4.90 Å². The second kappa shape index (κ2) is 5.27. The van der Waals surface area contributed by atoms with E-state index in [0.29, 0.717) is 6.42 Å². The fourth-order valence-corrected chi connectivity index (χ4v) is 2.54. The molecule has 108 valence electrons. The number of nitrogens with zero attached hydrogens (tertiary/aromatic N) is 1. The lowest BCUT2D eigenvalue weighted by Gasteiger charge is -2.35. The molecule has 1 heterocycles. The number of nitrogens with one attached hydrogen (secondary N) is 1. The van der Waals surface area contributed by atoms with Crippen LogP contribution in [0, 0.1) is 0 Å². The van der Waals surface area contributed by atoms with E-state index in [4.69, 9.17) is 0 Å². The topological polar surface area (TPSA) is 49.4 Å². The Hall–Kier alpha value is -1.84. The maximum atomic E-state index is 12.5. The summed E-state index contributed by atoms with van der Waals surface area (Å²) in [6.45, 7) is 8.33. The summed E-state index contributed by atoms with van der Waals surface area (Å²) < 4.78 is 0. The van der Waals surface area contributed by atoms with Crippen molar-refractivity contribution in [1.29, 1.82) is 0 Å². The van der Waals surface area contributed by atoms with Gasteiger partial charge in [0.1, 0.15) is 12.6 Å². The number of hydrogen-bond donors (Lipinski definition) is 1. The molecule has 1 unspecified atom stereocenters. The maximum absolute atomic E-state index is 12.5. The van der Waals surface area contributed by atoms with Crippen molar-refractivity contribution in [3.8, 4) is 0 Å². The van der Waals surface area contributed by atoms with Crippen molar-refractivity contribution in [1.82, 2.24) is 5.32 Å². The van der Waals surface area contributed by atoms with Gasteiger partial charge >= 0.3 is 0 Å². The van der Waals surface area contributed by atoms with E-state index in [9.17, 15) is 9.59 Å². The van der Waals surface area contributed by atoms with Gasteiger partial charge in [-0.15, -0.1) is 0 Å². The number of piperazine rings is 1. The fourth-order valence-electron chi connectivity index (χ4n) is 2.54. The SMILES string of the molecule is CCC1NC(=O)CN(c2ccccc2C(C)(C)C)C1=O.